The molecule has 1 aromatic carbocycles. The van der Waals surface area contributed by atoms with Crippen LogP contribution in [0.1, 0.15) is 24.0 Å². The normalized spacial score (nSPS) is 19.2. The summed E-state index contributed by atoms with van der Waals surface area (Å²) in [5.41, 5.74) is 7.56. The molecule has 92 valence electrons. The second-order valence-corrected chi connectivity index (χ2v) is 4.73. The monoisotopic (exact) mass is 251 g/mol. The maximum Gasteiger partial charge on any atom is 0.119 e. The van der Waals surface area contributed by atoms with Gasteiger partial charge in [-0.1, -0.05) is 12.2 Å². The zero-order valence-corrected chi connectivity index (χ0v) is 10.8. The van der Waals surface area contributed by atoms with Gasteiger partial charge in [0.1, 0.15) is 17.3 Å². The summed E-state index contributed by atoms with van der Waals surface area (Å²) >= 11 is 4.96. The lowest BCUT2D eigenvalue weighted by Crippen LogP contribution is -2.16. The standard InChI is InChI=1S/C13H17NO2S/c1-9-7-10(4-5-12(9)13(14)17)16-8-11-3-2-6-15-11/h4-5,7,11H,2-3,6,8H2,1H3,(H2,14,17). The molecule has 3 nitrogen and oxygen atoms in total. The minimum Gasteiger partial charge on any atom is -0.491 e. The number of ether oxygens (including phenoxy) is 2. The zero-order chi connectivity index (χ0) is 12.3. The van der Waals surface area contributed by atoms with Crippen molar-refractivity contribution in [2.24, 2.45) is 5.73 Å². The molecule has 0 saturated carbocycles. The Morgan fingerprint density at radius 1 is 1.59 bits per heavy atom. The molecule has 2 rings (SSSR count). The molecule has 1 atom stereocenters. The fraction of sp³-hybridized carbons (Fsp3) is 0.462. The van der Waals surface area contributed by atoms with E-state index in [0.717, 1.165) is 36.3 Å². The van der Waals surface area contributed by atoms with Crippen LogP contribution in [-0.2, 0) is 4.74 Å². The van der Waals surface area contributed by atoms with Crippen molar-refractivity contribution in [2.75, 3.05) is 13.2 Å². The molecule has 0 radical (unpaired) electrons. The Kier molecular flexibility index (Phi) is 3.97. The summed E-state index contributed by atoms with van der Waals surface area (Å²) in [7, 11) is 0. The summed E-state index contributed by atoms with van der Waals surface area (Å²) in [6.45, 7) is 3.45. The van der Waals surface area contributed by atoms with Crippen LogP contribution in [0.2, 0.25) is 0 Å². The maximum absolute atomic E-state index is 5.70. The van der Waals surface area contributed by atoms with Crippen molar-refractivity contribution < 1.29 is 9.47 Å². The second-order valence-electron chi connectivity index (χ2n) is 4.29. The van der Waals surface area contributed by atoms with Gasteiger partial charge < -0.3 is 15.2 Å². The molecule has 1 aliphatic rings. The Hall–Kier alpha value is -1.13. The lowest BCUT2D eigenvalue weighted by molar-refractivity contribution is 0.0679. The third-order valence-corrected chi connectivity index (χ3v) is 3.14. The van der Waals surface area contributed by atoms with Crippen molar-refractivity contribution in [1.82, 2.24) is 0 Å². The molecule has 0 bridgehead atoms. The first-order valence-corrected chi connectivity index (χ1v) is 6.22. The number of rotatable bonds is 4. The summed E-state index contributed by atoms with van der Waals surface area (Å²) in [6, 6.07) is 5.77. The topological polar surface area (TPSA) is 44.5 Å². The maximum atomic E-state index is 5.70. The van der Waals surface area contributed by atoms with E-state index in [1.54, 1.807) is 0 Å². The predicted molar refractivity (Wildman–Crippen MR) is 71.5 cm³/mol. The van der Waals surface area contributed by atoms with E-state index in [1.807, 2.05) is 25.1 Å². The summed E-state index contributed by atoms with van der Waals surface area (Å²) < 4.78 is 11.2. The molecular formula is C13H17NO2S. The van der Waals surface area contributed by atoms with E-state index in [2.05, 4.69) is 0 Å². The predicted octanol–water partition coefficient (Wildman–Crippen LogP) is 2.19. The van der Waals surface area contributed by atoms with Gasteiger partial charge in [-0.15, -0.1) is 0 Å². The van der Waals surface area contributed by atoms with Crippen LogP contribution in [0, 0.1) is 6.92 Å². The summed E-state index contributed by atoms with van der Waals surface area (Å²) in [5, 5.41) is 0. The van der Waals surface area contributed by atoms with E-state index >= 15 is 0 Å². The van der Waals surface area contributed by atoms with Crippen LogP contribution < -0.4 is 10.5 Å². The minimum absolute atomic E-state index is 0.241. The van der Waals surface area contributed by atoms with Crippen molar-refractivity contribution in [3.05, 3.63) is 29.3 Å². The van der Waals surface area contributed by atoms with Crippen molar-refractivity contribution >= 4 is 17.2 Å². The van der Waals surface area contributed by atoms with Crippen LogP contribution in [0.3, 0.4) is 0 Å². The quantitative estimate of drug-likeness (QED) is 0.833. The van der Waals surface area contributed by atoms with Gasteiger partial charge >= 0.3 is 0 Å². The van der Waals surface area contributed by atoms with Gasteiger partial charge in [-0.2, -0.15) is 0 Å². The Morgan fingerprint density at radius 2 is 2.41 bits per heavy atom. The Bertz CT molecular complexity index is 414. The highest BCUT2D eigenvalue weighted by atomic mass is 32.1. The average molecular weight is 251 g/mol. The Morgan fingerprint density at radius 3 is 3.00 bits per heavy atom. The lowest BCUT2D eigenvalue weighted by Gasteiger charge is -2.12. The number of benzene rings is 1. The van der Waals surface area contributed by atoms with Crippen molar-refractivity contribution in [1.29, 1.82) is 0 Å². The molecule has 0 aromatic heterocycles. The molecular weight excluding hydrogens is 234 g/mol. The van der Waals surface area contributed by atoms with Gasteiger partial charge in [0, 0.05) is 12.2 Å². The first-order chi connectivity index (χ1) is 8.16. The third kappa shape index (κ3) is 3.17. The first kappa shape index (κ1) is 12.3. The average Bonchev–Trinajstić information content (AvgIpc) is 2.78. The number of aryl methyl sites for hydroxylation is 1. The largest absolute Gasteiger partial charge is 0.491 e. The smallest absolute Gasteiger partial charge is 0.119 e. The van der Waals surface area contributed by atoms with E-state index in [0.29, 0.717) is 11.6 Å². The molecule has 17 heavy (non-hydrogen) atoms. The molecule has 1 heterocycles. The van der Waals surface area contributed by atoms with Crippen LogP contribution in [0.25, 0.3) is 0 Å². The third-order valence-electron chi connectivity index (χ3n) is 2.92. The van der Waals surface area contributed by atoms with Crippen LogP contribution in [0.5, 0.6) is 5.75 Å². The molecule has 4 heteroatoms. The highest BCUT2D eigenvalue weighted by molar-refractivity contribution is 7.80. The first-order valence-electron chi connectivity index (χ1n) is 5.81. The summed E-state index contributed by atoms with van der Waals surface area (Å²) in [6.07, 6.45) is 2.46. The molecule has 2 N–H and O–H groups in total. The molecule has 1 unspecified atom stereocenters. The Balaban J connectivity index is 1.97. The van der Waals surface area contributed by atoms with E-state index in [4.69, 9.17) is 27.4 Å². The molecule has 1 saturated heterocycles. The second kappa shape index (κ2) is 5.47. The van der Waals surface area contributed by atoms with E-state index in [9.17, 15) is 0 Å². The van der Waals surface area contributed by atoms with Crippen LogP contribution in [0.4, 0.5) is 0 Å². The van der Waals surface area contributed by atoms with E-state index < -0.39 is 0 Å². The van der Waals surface area contributed by atoms with Gasteiger partial charge in [-0.05, 0) is 43.5 Å². The molecule has 1 fully saturated rings. The van der Waals surface area contributed by atoms with Gasteiger partial charge in [0.25, 0.3) is 0 Å². The fourth-order valence-corrected chi connectivity index (χ4v) is 2.20. The van der Waals surface area contributed by atoms with Gasteiger partial charge in [-0.3, -0.25) is 0 Å². The number of thiocarbonyl (C=S) groups is 1. The number of hydrogen-bond donors (Lipinski definition) is 1. The van der Waals surface area contributed by atoms with Gasteiger partial charge in [0.05, 0.1) is 6.10 Å². The Labute approximate surface area is 107 Å². The van der Waals surface area contributed by atoms with Crippen molar-refractivity contribution in [3.8, 4) is 5.75 Å². The van der Waals surface area contributed by atoms with Crippen LogP contribution in [-0.4, -0.2) is 24.3 Å². The lowest BCUT2D eigenvalue weighted by atomic mass is 10.1. The van der Waals surface area contributed by atoms with Crippen molar-refractivity contribution in [3.63, 3.8) is 0 Å². The number of nitrogens with two attached hydrogens (primary N) is 1. The molecule has 1 aliphatic heterocycles. The minimum atomic E-state index is 0.241. The fourth-order valence-electron chi connectivity index (χ4n) is 1.97. The van der Waals surface area contributed by atoms with Gasteiger partial charge in [0.15, 0.2) is 0 Å². The van der Waals surface area contributed by atoms with Gasteiger partial charge in [0.2, 0.25) is 0 Å². The van der Waals surface area contributed by atoms with Gasteiger partial charge in [-0.25, -0.2) is 0 Å². The summed E-state index contributed by atoms with van der Waals surface area (Å²) in [4.78, 5) is 0.424. The SMILES string of the molecule is Cc1cc(OCC2CCCO2)ccc1C(N)=S. The molecule has 1 aromatic rings. The summed E-state index contributed by atoms with van der Waals surface area (Å²) in [5.74, 6) is 0.845. The van der Waals surface area contributed by atoms with E-state index in [1.165, 1.54) is 0 Å². The van der Waals surface area contributed by atoms with Crippen LogP contribution in [0.15, 0.2) is 18.2 Å². The zero-order valence-electron chi connectivity index (χ0n) is 9.94. The highest BCUT2D eigenvalue weighted by Crippen LogP contribution is 2.19. The highest BCUT2D eigenvalue weighted by Gasteiger charge is 2.16. The molecule has 0 aliphatic carbocycles. The van der Waals surface area contributed by atoms with Crippen LogP contribution >= 0.6 is 12.2 Å². The van der Waals surface area contributed by atoms with Crippen molar-refractivity contribution in [2.45, 2.75) is 25.9 Å². The molecule has 0 amide bonds. The van der Waals surface area contributed by atoms with E-state index in [-0.39, 0.29) is 6.10 Å². The molecule has 0 spiro atoms. The number of hydrogen-bond acceptors (Lipinski definition) is 3.